The van der Waals surface area contributed by atoms with E-state index in [2.05, 4.69) is 32.6 Å². The van der Waals surface area contributed by atoms with Gasteiger partial charge in [0.1, 0.15) is 5.75 Å². The van der Waals surface area contributed by atoms with Crippen LogP contribution in [0.5, 0.6) is 5.75 Å². The zero-order valence-electron chi connectivity index (χ0n) is 12.8. The topological polar surface area (TPSA) is 50.4 Å². The van der Waals surface area contributed by atoms with Gasteiger partial charge in [-0.1, -0.05) is 22.0 Å². The molecule has 0 spiro atoms. The molecule has 1 aromatic carbocycles. The Balaban J connectivity index is 2.12. The zero-order valence-corrected chi connectivity index (χ0v) is 14.4. The molecule has 1 aliphatic heterocycles. The maximum Gasteiger partial charge on any atom is 0.226 e. The quantitative estimate of drug-likeness (QED) is 0.873. The van der Waals surface area contributed by atoms with Gasteiger partial charge in [-0.05, 0) is 38.8 Å². The second kappa shape index (κ2) is 6.79. The summed E-state index contributed by atoms with van der Waals surface area (Å²) in [4.78, 5) is 11.9. The standard InChI is InChI=1S/C16H23BrN2O2/c1-16(2,15(20)18-3)10-19-13-5-4-8-21-14-9-11(17)6-7-12(13)14/h6-7,9,13,19H,4-5,8,10H2,1-3H3,(H,18,20). The molecule has 1 unspecified atom stereocenters. The van der Waals surface area contributed by atoms with Crippen LogP contribution in [-0.4, -0.2) is 26.1 Å². The zero-order chi connectivity index (χ0) is 15.5. The van der Waals surface area contributed by atoms with E-state index in [9.17, 15) is 4.79 Å². The number of fused-ring (bicyclic) bond motifs is 1. The number of hydrogen-bond acceptors (Lipinski definition) is 3. The van der Waals surface area contributed by atoms with Crippen molar-refractivity contribution in [1.29, 1.82) is 0 Å². The monoisotopic (exact) mass is 354 g/mol. The van der Waals surface area contributed by atoms with Crippen LogP contribution in [-0.2, 0) is 4.79 Å². The molecule has 0 aliphatic carbocycles. The first-order valence-corrected chi connectivity index (χ1v) is 8.11. The first kappa shape index (κ1) is 16.3. The molecule has 1 amide bonds. The lowest BCUT2D eigenvalue weighted by molar-refractivity contribution is -0.128. The lowest BCUT2D eigenvalue weighted by Crippen LogP contribution is -2.43. The van der Waals surface area contributed by atoms with Gasteiger partial charge in [0.25, 0.3) is 0 Å². The number of ether oxygens (including phenoxy) is 1. The van der Waals surface area contributed by atoms with Crippen LogP contribution < -0.4 is 15.4 Å². The van der Waals surface area contributed by atoms with Gasteiger partial charge in [0.2, 0.25) is 5.91 Å². The van der Waals surface area contributed by atoms with E-state index in [1.807, 2.05) is 26.0 Å². The summed E-state index contributed by atoms with van der Waals surface area (Å²) in [7, 11) is 1.68. The van der Waals surface area contributed by atoms with Crippen molar-refractivity contribution in [1.82, 2.24) is 10.6 Å². The van der Waals surface area contributed by atoms with Gasteiger partial charge in [-0.25, -0.2) is 0 Å². The molecule has 0 fully saturated rings. The molecule has 116 valence electrons. The summed E-state index contributed by atoms with van der Waals surface area (Å²) in [6, 6.07) is 6.36. The minimum atomic E-state index is -0.433. The molecule has 2 N–H and O–H groups in total. The van der Waals surface area contributed by atoms with Crippen LogP contribution in [0.3, 0.4) is 0 Å². The summed E-state index contributed by atoms with van der Waals surface area (Å²) in [6.07, 6.45) is 2.02. The van der Waals surface area contributed by atoms with Gasteiger partial charge < -0.3 is 15.4 Å². The number of carbonyl (C=O) groups excluding carboxylic acids is 1. The van der Waals surface area contributed by atoms with Crippen LogP contribution in [0, 0.1) is 5.41 Å². The van der Waals surface area contributed by atoms with E-state index in [0.717, 1.165) is 29.7 Å². The predicted octanol–water partition coefficient (Wildman–Crippen LogP) is 3.02. The van der Waals surface area contributed by atoms with Crippen molar-refractivity contribution in [3.05, 3.63) is 28.2 Å². The molecule has 2 rings (SSSR count). The van der Waals surface area contributed by atoms with Crippen molar-refractivity contribution in [2.24, 2.45) is 5.41 Å². The summed E-state index contributed by atoms with van der Waals surface area (Å²) in [5.74, 6) is 0.980. The highest BCUT2D eigenvalue weighted by atomic mass is 79.9. The van der Waals surface area contributed by atoms with Gasteiger partial charge in [0.15, 0.2) is 0 Å². The highest BCUT2D eigenvalue weighted by Gasteiger charge is 2.28. The Morgan fingerprint density at radius 1 is 1.48 bits per heavy atom. The van der Waals surface area contributed by atoms with E-state index in [1.54, 1.807) is 7.05 Å². The van der Waals surface area contributed by atoms with E-state index in [1.165, 1.54) is 5.56 Å². The van der Waals surface area contributed by atoms with Crippen molar-refractivity contribution in [2.75, 3.05) is 20.2 Å². The summed E-state index contributed by atoms with van der Waals surface area (Å²) < 4.78 is 6.83. The van der Waals surface area contributed by atoms with Crippen LogP contribution in [0.25, 0.3) is 0 Å². The Labute approximate surface area is 134 Å². The molecule has 0 aromatic heterocycles. The lowest BCUT2D eigenvalue weighted by Gasteiger charge is -2.27. The van der Waals surface area contributed by atoms with E-state index in [4.69, 9.17) is 4.74 Å². The Morgan fingerprint density at radius 2 is 2.24 bits per heavy atom. The third-order valence-electron chi connectivity index (χ3n) is 3.88. The Bertz CT molecular complexity index is 517. The third kappa shape index (κ3) is 3.98. The smallest absolute Gasteiger partial charge is 0.226 e. The van der Waals surface area contributed by atoms with Crippen LogP contribution in [0.4, 0.5) is 0 Å². The van der Waals surface area contributed by atoms with Crippen LogP contribution in [0.1, 0.15) is 38.3 Å². The van der Waals surface area contributed by atoms with Crippen molar-refractivity contribution < 1.29 is 9.53 Å². The first-order chi connectivity index (χ1) is 9.94. The number of halogens is 1. The van der Waals surface area contributed by atoms with E-state index in [-0.39, 0.29) is 11.9 Å². The van der Waals surface area contributed by atoms with Gasteiger partial charge in [-0.3, -0.25) is 4.79 Å². The van der Waals surface area contributed by atoms with Crippen molar-refractivity contribution >= 4 is 21.8 Å². The molecule has 21 heavy (non-hydrogen) atoms. The molecule has 1 aromatic rings. The van der Waals surface area contributed by atoms with E-state index < -0.39 is 5.41 Å². The average molecular weight is 355 g/mol. The first-order valence-electron chi connectivity index (χ1n) is 7.32. The lowest BCUT2D eigenvalue weighted by atomic mass is 9.91. The molecule has 1 atom stereocenters. The number of amides is 1. The number of rotatable bonds is 4. The van der Waals surface area contributed by atoms with Crippen molar-refractivity contribution in [2.45, 2.75) is 32.7 Å². The van der Waals surface area contributed by atoms with Crippen LogP contribution >= 0.6 is 15.9 Å². The predicted molar refractivity (Wildman–Crippen MR) is 87.5 cm³/mol. The molecule has 0 radical (unpaired) electrons. The molecule has 0 bridgehead atoms. The fourth-order valence-corrected chi connectivity index (χ4v) is 2.90. The molecule has 1 aliphatic rings. The summed E-state index contributed by atoms with van der Waals surface area (Å²) >= 11 is 3.48. The number of carbonyl (C=O) groups is 1. The maximum atomic E-state index is 11.9. The average Bonchev–Trinajstić information content (AvgIpc) is 2.65. The minimum absolute atomic E-state index is 0.0518. The number of nitrogens with one attached hydrogen (secondary N) is 2. The third-order valence-corrected chi connectivity index (χ3v) is 4.37. The van der Waals surface area contributed by atoms with Crippen molar-refractivity contribution in [3.63, 3.8) is 0 Å². The Kier molecular flexibility index (Phi) is 5.27. The summed E-state index contributed by atoms with van der Waals surface area (Å²) in [5, 5.41) is 6.26. The molecular formula is C16H23BrN2O2. The highest BCUT2D eigenvalue weighted by molar-refractivity contribution is 9.10. The fourth-order valence-electron chi connectivity index (χ4n) is 2.56. The van der Waals surface area contributed by atoms with Crippen molar-refractivity contribution in [3.8, 4) is 5.75 Å². The van der Waals surface area contributed by atoms with Crippen LogP contribution in [0.2, 0.25) is 0 Å². The van der Waals surface area contributed by atoms with Gasteiger partial charge in [-0.15, -0.1) is 0 Å². The molecule has 0 saturated carbocycles. The Hall–Kier alpha value is -1.07. The summed E-state index contributed by atoms with van der Waals surface area (Å²) in [5.41, 5.74) is 0.737. The van der Waals surface area contributed by atoms with E-state index >= 15 is 0 Å². The van der Waals surface area contributed by atoms with Gasteiger partial charge >= 0.3 is 0 Å². The normalized spacial score (nSPS) is 18.4. The maximum absolute atomic E-state index is 11.9. The molecule has 1 heterocycles. The second-order valence-electron chi connectivity index (χ2n) is 6.07. The minimum Gasteiger partial charge on any atom is -0.493 e. The van der Waals surface area contributed by atoms with Crippen LogP contribution in [0.15, 0.2) is 22.7 Å². The molecule has 4 nitrogen and oxygen atoms in total. The Morgan fingerprint density at radius 3 is 2.95 bits per heavy atom. The molecule has 5 heteroatoms. The largest absolute Gasteiger partial charge is 0.493 e. The van der Waals surface area contributed by atoms with Gasteiger partial charge in [0, 0.05) is 29.7 Å². The van der Waals surface area contributed by atoms with E-state index in [0.29, 0.717) is 6.54 Å². The fraction of sp³-hybridized carbons (Fsp3) is 0.562. The van der Waals surface area contributed by atoms with Gasteiger partial charge in [0.05, 0.1) is 12.0 Å². The van der Waals surface area contributed by atoms with Gasteiger partial charge in [-0.2, -0.15) is 0 Å². The number of hydrogen-bond donors (Lipinski definition) is 2. The summed E-state index contributed by atoms with van der Waals surface area (Å²) in [6.45, 7) is 5.27. The molecule has 0 saturated heterocycles. The second-order valence-corrected chi connectivity index (χ2v) is 6.99. The SMILES string of the molecule is CNC(=O)C(C)(C)CNC1CCCOc2cc(Br)ccc21. The number of benzene rings is 1. The molecular weight excluding hydrogens is 332 g/mol. The highest BCUT2D eigenvalue weighted by Crippen LogP contribution is 2.34.